The first kappa shape index (κ1) is 21.3. The van der Waals surface area contributed by atoms with Crippen molar-refractivity contribution in [2.45, 2.75) is 13.3 Å². The molecule has 168 valence electrons. The minimum atomic E-state index is 0.185. The van der Waals surface area contributed by atoms with Crippen molar-refractivity contribution in [1.29, 1.82) is 0 Å². The number of phenolic OH excluding ortho intramolecular Hbond substituents is 3. The van der Waals surface area contributed by atoms with E-state index in [-0.39, 0.29) is 17.2 Å². The molecular weight excluding hydrogens is 424 g/mol. The molecule has 0 fully saturated rings. The summed E-state index contributed by atoms with van der Waals surface area (Å²) in [5.41, 5.74) is 7.27. The molecule has 0 unspecified atom stereocenters. The van der Waals surface area contributed by atoms with Crippen molar-refractivity contribution in [3.8, 4) is 56.6 Å². The molecule has 1 aromatic heterocycles. The van der Waals surface area contributed by atoms with Gasteiger partial charge in [-0.1, -0.05) is 37.3 Å². The molecule has 0 aliphatic rings. The predicted octanol–water partition coefficient (Wildman–Crippen LogP) is 6.55. The van der Waals surface area contributed by atoms with Gasteiger partial charge in [-0.15, -0.1) is 0 Å². The number of hydrogen-bond donors (Lipinski definition) is 3. The Morgan fingerprint density at radius 2 is 1.12 bits per heavy atom. The van der Waals surface area contributed by atoms with Gasteiger partial charge in [-0.05, 0) is 84.3 Å². The third kappa shape index (κ3) is 3.88. The summed E-state index contributed by atoms with van der Waals surface area (Å²) in [5.74, 6) is 0.558. The van der Waals surface area contributed by atoms with Gasteiger partial charge in [0.1, 0.15) is 22.9 Å². The highest BCUT2D eigenvalue weighted by atomic mass is 16.3. The first-order valence-electron chi connectivity index (χ1n) is 11.1. The van der Waals surface area contributed by atoms with Crippen molar-refractivity contribution in [3.63, 3.8) is 0 Å². The van der Waals surface area contributed by atoms with Crippen LogP contribution in [0.4, 0.5) is 0 Å². The molecule has 0 spiro atoms. The van der Waals surface area contributed by atoms with Crippen molar-refractivity contribution in [2.24, 2.45) is 0 Å². The van der Waals surface area contributed by atoms with Crippen LogP contribution in [0.3, 0.4) is 0 Å². The molecule has 0 bridgehead atoms. The molecule has 1 heterocycles. The Bertz CT molecular complexity index is 1440. The zero-order valence-electron chi connectivity index (χ0n) is 18.7. The normalized spacial score (nSPS) is 11.0. The number of rotatable bonds is 5. The maximum Gasteiger partial charge on any atom is 0.115 e. The van der Waals surface area contributed by atoms with Crippen molar-refractivity contribution >= 4 is 0 Å². The molecule has 4 aromatic carbocycles. The van der Waals surface area contributed by atoms with E-state index in [0.717, 1.165) is 51.3 Å². The number of para-hydroxylation sites is 1. The van der Waals surface area contributed by atoms with Crippen LogP contribution in [0.1, 0.15) is 12.5 Å². The standard InChI is InChI=1S/C29H24N2O3/c1-2-19-5-3-4-6-26(19)31-29(22-11-17-25(34)18-12-22)27(20-7-13-23(32)14-8-20)28(30-31)21-9-15-24(33)16-10-21/h3-18,32-34H,2H2,1H3. The third-order valence-electron chi connectivity index (χ3n) is 5.92. The summed E-state index contributed by atoms with van der Waals surface area (Å²) in [6.45, 7) is 2.12. The minimum Gasteiger partial charge on any atom is -0.508 e. The Labute approximate surface area is 197 Å². The van der Waals surface area contributed by atoms with Gasteiger partial charge < -0.3 is 15.3 Å². The number of aromatic hydroxyl groups is 3. The maximum absolute atomic E-state index is 9.92. The van der Waals surface area contributed by atoms with Gasteiger partial charge in [-0.25, -0.2) is 4.68 Å². The molecule has 0 atom stereocenters. The number of benzene rings is 4. The summed E-state index contributed by atoms with van der Waals surface area (Å²) in [7, 11) is 0. The molecule has 0 amide bonds. The fourth-order valence-corrected chi connectivity index (χ4v) is 4.22. The lowest BCUT2D eigenvalue weighted by Crippen LogP contribution is -2.03. The fraction of sp³-hybridized carbons (Fsp3) is 0.0690. The first-order valence-corrected chi connectivity index (χ1v) is 11.1. The van der Waals surface area contributed by atoms with E-state index in [0.29, 0.717) is 0 Å². The lowest BCUT2D eigenvalue weighted by molar-refractivity contribution is 0.475. The van der Waals surface area contributed by atoms with Gasteiger partial charge in [-0.3, -0.25) is 0 Å². The van der Waals surface area contributed by atoms with Crippen LogP contribution in [0, 0.1) is 0 Å². The van der Waals surface area contributed by atoms with Crippen LogP contribution in [-0.4, -0.2) is 25.1 Å². The minimum absolute atomic E-state index is 0.185. The van der Waals surface area contributed by atoms with Gasteiger partial charge in [0, 0.05) is 16.7 Å². The number of hydrogen-bond acceptors (Lipinski definition) is 4. The van der Waals surface area contributed by atoms with E-state index in [1.165, 1.54) is 0 Å². The number of nitrogens with zero attached hydrogens (tertiary/aromatic N) is 2. The molecule has 34 heavy (non-hydrogen) atoms. The molecule has 0 saturated carbocycles. The smallest absolute Gasteiger partial charge is 0.115 e. The monoisotopic (exact) mass is 448 g/mol. The van der Waals surface area contributed by atoms with Gasteiger partial charge in [0.2, 0.25) is 0 Å². The quantitative estimate of drug-likeness (QED) is 0.285. The summed E-state index contributed by atoms with van der Waals surface area (Å²) >= 11 is 0. The van der Waals surface area contributed by atoms with Crippen molar-refractivity contribution in [2.75, 3.05) is 0 Å². The Hall–Kier alpha value is -4.51. The number of phenols is 3. The average molecular weight is 449 g/mol. The molecular formula is C29H24N2O3. The SMILES string of the molecule is CCc1ccccc1-n1nc(-c2ccc(O)cc2)c(-c2ccc(O)cc2)c1-c1ccc(O)cc1. The molecule has 5 heteroatoms. The van der Waals surface area contributed by atoms with E-state index in [1.807, 2.05) is 53.2 Å². The van der Waals surface area contributed by atoms with E-state index in [1.54, 1.807) is 36.4 Å². The van der Waals surface area contributed by atoms with Gasteiger partial charge in [0.25, 0.3) is 0 Å². The zero-order chi connectivity index (χ0) is 23.7. The Morgan fingerprint density at radius 1 is 0.618 bits per heavy atom. The molecule has 5 rings (SSSR count). The van der Waals surface area contributed by atoms with Crippen molar-refractivity contribution in [1.82, 2.24) is 9.78 Å². The van der Waals surface area contributed by atoms with E-state index in [2.05, 4.69) is 19.1 Å². The summed E-state index contributed by atoms with van der Waals surface area (Å²) in [4.78, 5) is 0. The maximum atomic E-state index is 9.92. The van der Waals surface area contributed by atoms with Gasteiger partial charge in [0.15, 0.2) is 0 Å². The van der Waals surface area contributed by atoms with Crippen LogP contribution >= 0.6 is 0 Å². The van der Waals surface area contributed by atoms with Gasteiger partial charge in [0.05, 0.1) is 11.4 Å². The van der Waals surface area contributed by atoms with Gasteiger partial charge >= 0.3 is 0 Å². The summed E-state index contributed by atoms with van der Waals surface area (Å²) < 4.78 is 1.95. The van der Waals surface area contributed by atoms with Crippen LogP contribution in [0.25, 0.3) is 39.3 Å². The highest BCUT2D eigenvalue weighted by Gasteiger charge is 2.24. The molecule has 0 saturated heterocycles. The second-order valence-corrected chi connectivity index (χ2v) is 8.11. The van der Waals surface area contributed by atoms with Crippen molar-refractivity contribution < 1.29 is 15.3 Å². The summed E-state index contributed by atoms with van der Waals surface area (Å²) in [6, 6.07) is 29.3. The first-order chi connectivity index (χ1) is 16.5. The number of aryl methyl sites for hydroxylation is 1. The van der Waals surface area contributed by atoms with E-state index in [9.17, 15) is 15.3 Å². The average Bonchev–Trinajstić information content (AvgIpc) is 3.25. The molecule has 0 radical (unpaired) electrons. The Balaban J connectivity index is 1.89. The fourth-order valence-electron chi connectivity index (χ4n) is 4.22. The largest absolute Gasteiger partial charge is 0.508 e. The van der Waals surface area contributed by atoms with Crippen LogP contribution in [0.2, 0.25) is 0 Å². The van der Waals surface area contributed by atoms with Crippen molar-refractivity contribution in [3.05, 3.63) is 103 Å². The second-order valence-electron chi connectivity index (χ2n) is 8.11. The third-order valence-corrected chi connectivity index (χ3v) is 5.92. The summed E-state index contributed by atoms with van der Waals surface area (Å²) in [5, 5.41) is 34.8. The molecule has 3 N–H and O–H groups in total. The number of aromatic nitrogens is 2. The lowest BCUT2D eigenvalue weighted by atomic mass is 9.95. The van der Waals surface area contributed by atoms with Crippen LogP contribution in [0.5, 0.6) is 17.2 Å². The highest BCUT2D eigenvalue weighted by Crippen LogP contribution is 2.42. The van der Waals surface area contributed by atoms with Gasteiger partial charge in [-0.2, -0.15) is 5.10 Å². The topological polar surface area (TPSA) is 78.5 Å². The highest BCUT2D eigenvalue weighted by molar-refractivity contribution is 5.93. The summed E-state index contributed by atoms with van der Waals surface area (Å²) in [6.07, 6.45) is 0.841. The van der Waals surface area contributed by atoms with Crippen LogP contribution < -0.4 is 0 Å². The molecule has 0 aliphatic carbocycles. The van der Waals surface area contributed by atoms with E-state index >= 15 is 0 Å². The van der Waals surface area contributed by atoms with E-state index < -0.39 is 0 Å². The van der Waals surface area contributed by atoms with E-state index in [4.69, 9.17) is 5.10 Å². The zero-order valence-corrected chi connectivity index (χ0v) is 18.7. The predicted molar refractivity (Wildman–Crippen MR) is 134 cm³/mol. The molecule has 0 aliphatic heterocycles. The molecule has 5 aromatic rings. The Morgan fingerprint density at radius 3 is 1.68 bits per heavy atom. The second kappa shape index (κ2) is 8.79. The lowest BCUT2D eigenvalue weighted by Gasteiger charge is -2.13. The van der Waals surface area contributed by atoms with Crippen LogP contribution in [-0.2, 0) is 6.42 Å². The molecule has 5 nitrogen and oxygen atoms in total. The Kier molecular flexibility index (Phi) is 5.52. The van der Waals surface area contributed by atoms with Crippen LogP contribution in [0.15, 0.2) is 97.1 Å².